The molecule has 0 aliphatic rings. The molecule has 0 spiro atoms. The van der Waals surface area contributed by atoms with E-state index in [0.717, 1.165) is 0 Å². The fourth-order valence-corrected chi connectivity index (χ4v) is 1.57. The van der Waals surface area contributed by atoms with Crippen molar-refractivity contribution in [1.82, 2.24) is 5.32 Å². The molecule has 1 rings (SSSR count). The van der Waals surface area contributed by atoms with Crippen LogP contribution < -0.4 is 5.32 Å². The van der Waals surface area contributed by atoms with E-state index in [1.165, 1.54) is 0 Å². The average Bonchev–Trinajstić information content (AvgIpc) is 2.21. The summed E-state index contributed by atoms with van der Waals surface area (Å²) in [5.74, 6) is 2.14. The van der Waals surface area contributed by atoms with Gasteiger partial charge in [0.25, 0.3) is 5.91 Å². The Morgan fingerprint density at radius 3 is 2.93 bits per heavy atom. The zero-order valence-electron chi connectivity index (χ0n) is 8.05. The van der Waals surface area contributed by atoms with E-state index in [1.54, 1.807) is 25.1 Å². The molecule has 1 amide bonds. The zero-order valence-corrected chi connectivity index (χ0v) is 10.4. The third-order valence-corrected chi connectivity index (χ3v) is 3.09. The zero-order chi connectivity index (χ0) is 11.4. The van der Waals surface area contributed by atoms with Crippen LogP contribution >= 0.6 is 27.5 Å². The molecule has 0 aliphatic heterocycles. The molecule has 0 aliphatic carbocycles. The first-order valence-electron chi connectivity index (χ1n) is 4.27. The highest BCUT2D eigenvalue weighted by molar-refractivity contribution is 9.10. The van der Waals surface area contributed by atoms with Crippen molar-refractivity contribution in [3.63, 3.8) is 0 Å². The molecule has 78 valence electrons. The van der Waals surface area contributed by atoms with Crippen molar-refractivity contribution in [2.45, 2.75) is 13.0 Å². The molecule has 0 fully saturated rings. The van der Waals surface area contributed by atoms with E-state index in [9.17, 15) is 4.79 Å². The standard InChI is InChI=1S/C11H9BrClNO/c1-3-7(2)14-11(15)8-5-4-6-9(12)10(8)13/h1,4-7H,2H3,(H,14,15). The van der Waals surface area contributed by atoms with Crippen LogP contribution in [0.5, 0.6) is 0 Å². The first-order chi connectivity index (χ1) is 7.06. The Balaban J connectivity index is 2.93. The van der Waals surface area contributed by atoms with Crippen molar-refractivity contribution < 1.29 is 4.79 Å². The van der Waals surface area contributed by atoms with Gasteiger partial charge in [-0.15, -0.1) is 6.42 Å². The Morgan fingerprint density at radius 1 is 1.67 bits per heavy atom. The number of carbonyl (C=O) groups excluding carboxylic acids is 1. The Kier molecular flexibility index (Phi) is 4.19. The fourth-order valence-electron chi connectivity index (χ4n) is 0.995. The highest BCUT2D eigenvalue weighted by Gasteiger charge is 2.13. The lowest BCUT2D eigenvalue weighted by Crippen LogP contribution is -2.31. The summed E-state index contributed by atoms with van der Waals surface area (Å²) in [5, 5.41) is 3.02. The average molecular weight is 287 g/mol. The molecule has 1 unspecified atom stereocenters. The van der Waals surface area contributed by atoms with Gasteiger partial charge in [-0.25, -0.2) is 0 Å². The summed E-state index contributed by atoms with van der Waals surface area (Å²) in [6, 6.07) is 4.84. The molecule has 1 atom stereocenters. The summed E-state index contributed by atoms with van der Waals surface area (Å²) in [6.07, 6.45) is 5.16. The second-order valence-corrected chi connectivity index (χ2v) is 4.20. The lowest BCUT2D eigenvalue weighted by atomic mass is 10.2. The quantitative estimate of drug-likeness (QED) is 0.832. The van der Waals surface area contributed by atoms with E-state index in [4.69, 9.17) is 18.0 Å². The summed E-state index contributed by atoms with van der Waals surface area (Å²) in [4.78, 5) is 11.7. The maximum atomic E-state index is 11.7. The predicted octanol–water partition coefficient (Wildman–Crippen LogP) is 2.85. The van der Waals surface area contributed by atoms with Crippen LogP contribution in [0.4, 0.5) is 0 Å². The lowest BCUT2D eigenvalue weighted by Gasteiger charge is -2.09. The van der Waals surface area contributed by atoms with Gasteiger partial charge in [-0.1, -0.05) is 23.6 Å². The number of nitrogens with one attached hydrogen (secondary N) is 1. The molecule has 0 heterocycles. The van der Waals surface area contributed by atoms with E-state index in [-0.39, 0.29) is 11.9 Å². The van der Waals surface area contributed by atoms with E-state index in [0.29, 0.717) is 15.1 Å². The van der Waals surface area contributed by atoms with Crippen LogP contribution in [-0.4, -0.2) is 11.9 Å². The molecule has 0 bridgehead atoms. The number of hydrogen-bond donors (Lipinski definition) is 1. The monoisotopic (exact) mass is 285 g/mol. The summed E-state index contributed by atoms with van der Waals surface area (Å²) < 4.78 is 0.685. The SMILES string of the molecule is C#CC(C)NC(=O)c1cccc(Br)c1Cl. The highest BCUT2D eigenvalue weighted by Crippen LogP contribution is 2.25. The third kappa shape index (κ3) is 2.98. The Morgan fingerprint density at radius 2 is 2.33 bits per heavy atom. The third-order valence-electron chi connectivity index (χ3n) is 1.79. The Bertz CT molecular complexity index is 425. The minimum Gasteiger partial charge on any atom is -0.339 e. The van der Waals surface area contributed by atoms with Crippen LogP contribution in [0.2, 0.25) is 5.02 Å². The van der Waals surface area contributed by atoms with Crippen molar-refractivity contribution in [2.75, 3.05) is 0 Å². The minimum atomic E-state index is -0.312. The van der Waals surface area contributed by atoms with E-state index in [2.05, 4.69) is 27.2 Å². The Labute approximate surface area is 102 Å². The van der Waals surface area contributed by atoms with Crippen molar-refractivity contribution in [3.05, 3.63) is 33.3 Å². The van der Waals surface area contributed by atoms with E-state index in [1.807, 2.05) is 0 Å². The maximum Gasteiger partial charge on any atom is 0.253 e. The van der Waals surface area contributed by atoms with Gasteiger partial charge < -0.3 is 5.32 Å². The maximum absolute atomic E-state index is 11.7. The predicted molar refractivity (Wildman–Crippen MR) is 64.9 cm³/mol. The van der Waals surface area contributed by atoms with Crippen LogP contribution in [0.3, 0.4) is 0 Å². The molecule has 0 aromatic heterocycles. The van der Waals surface area contributed by atoms with E-state index < -0.39 is 0 Å². The van der Waals surface area contributed by atoms with Crippen molar-refractivity contribution in [2.24, 2.45) is 0 Å². The summed E-state index contributed by atoms with van der Waals surface area (Å²) in [7, 11) is 0. The Hall–Kier alpha value is -0.980. The number of benzene rings is 1. The molecular formula is C11H9BrClNO. The number of halogens is 2. The molecule has 1 aromatic rings. The summed E-state index contributed by atoms with van der Waals surface area (Å²) >= 11 is 9.20. The van der Waals surface area contributed by atoms with Crippen LogP contribution in [0.25, 0.3) is 0 Å². The molecule has 0 saturated carbocycles. The molecule has 4 heteroatoms. The van der Waals surface area contributed by atoms with Gasteiger partial charge in [0, 0.05) is 4.47 Å². The normalized spacial score (nSPS) is 11.6. The van der Waals surface area contributed by atoms with Gasteiger partial charge in [0.2, 0.25) is 0 Å². The van der Waals surface area contributed by atoms with Crippen LogP contribution in [0.1, 0.15) is 17.3 Å². The second-order valence-electron chi connectivity index (χ2n) is 2.96. The molecule has 1 N–H and O–H groups in total. The fraction of sp³-hybridized carbons (Fsp3) is 0.182. The van der Waals surface area contributed by atoms with Gasteiger partial charge in [0.15, 0.2) is 0 Å². The summed E-state index contributed by atoms with van der Waals surface area (Å²) in [5.41, 5.74) is 0.410. The van der Waals surface area contributed by atoms with Gasteiger partial charge in [-0.2, -0.15) is 0 Å². The number of amides is 1. The van der Waals surface area contributed by atoms with Crippen molar-refractivity contribution in [3.8, 4) is 12.3 Å². The van der Waals surface area contributed by atoms with Crippen molar-refractivity contribution in [1.29, 1.82) is 0 Å². The van der Waals surface area contributed by atoms with Crippen LogP contribution in [0, 0.1) is 12.3 Å². The van der Waals surface area contributed by atoms with Gasteiger partial charge in [-0.3, -0.25) is 4.79 Å². The highest BCUT2D eigenvalue weighted by atomic mass is 79.9. The van der Waals surface area contributed by atoms with Gasteiger partial charge >= 0.3 is 0 Å². The molecule has 15 heavy (non-hydrogen) atoms. The molecule has 0 saturated heterocycles. The van der Waals surface area contributed by atoms with Gasteiger partial charge in [-0.05, 0) is 35.0 Å². The smallest absolute Gasteiger partial charge is 0.253 e. The second kappa shape index (κ2) is 5.20. The first kappa shape index (κ1) is 12.1. The summed E-state index contributed by atoms with van der Waals surface area (Å²) in [6.45, 7) is 1.73. The molecule has 2 nitrogen and oxygen atoms in total. The molecular weight excluding hydrogens is 277 g/mol. The van der Waals surface area contributed by atoms with Crippen molar-refractivity contribution >= 4 is 33.4 Å². The molecule has 0 radical (unpaired) electrons. The number of rotatable bonds is 2. The lowest BCUT2D eigenvalue weighted by molar-refractivity contribution is 0.0948. The number of hydrogen-bond acceptors (Lipinski definition) is 1. The number of carbonyl (C=O) groups is 1. The van der Waals surface area contributed by atoms with Gasteiger partial charge in [0.1, 0.15) is 0 Å². The van der Waals surface area contributed by atoms with Crippen LogP contribution in [0.15, 0.2) is 22.7 Å². The minimum absolute atomic E-state index is 0.272. The first-order valence-corrected chi connectivity index (χ1v) is 5.44. The largest absolute Gasteiger partial charge is 0.339 e. The van der Waals surface area contributed by atoms with E-state index >= 15 is 0 Å². The number of terminal acetylenes is 1. The topological polar surface area (TPSA) is 29.1 Å². The van der Waals surface area contributed by atoms with Crippen LogP contribution in [-0.2, 0) is 0 Å². The van der Waals surface area contributed by atoms with Gasteiger partial charge in [0.05, 0.1) is 16.6 Å². The molecule has 1 aromatic carbocycles.